The van der Waals surface area contributed by atoms with Gasteiger partial charge in [-0.25, -0.2) is 9.97 Å². The van der Waals surface area contributed by atoms with Crippen LogP contribution in [0.25, 0.3) is 0 Å². The monoisotopic (exact) mass is 287 g/mol. The largest absolute Gasteiger partial charge is 0.477 e. The van der Waals surface area contributed by atoms with Gasteiger partial charge in [0.2, 0.25) is 11.8 Å². The quantitative estimate of drug-likeness (QED) is 0.883. The zero-order valence-electron chi connectivity index (χ0n) is 12.0. The second-order valence-corrected chi connectivity index (χ2v) is 4.03. The summed E-state index contributed by atoms with van der Waals surface area (Å²) in [4.78, 5) is 20.5. The van der Waals surface area contributed by atoms with Crippen LogP contribution in [0.2, 0.25) is 0 Å². The van der Waals surface area contributed by atoms with E-state index in [2.05, 4.69) is 15.3 Å². The van der Waals surface area contributed by atoms with Gasteiger partial charge >= 0.3 is 0 Å². The van der Waals surface area contributed by atoms with Gasteiger partial charge in [-0.15, -0.1) is 0 Å². The van der Waals surface area contributed by atoms with Crippen LogP contribution in [0.5, 0.6) is 11.8 Å². The number of carbonyl (C=O) groups is 1. The summed E-state index contributed by atoms with van der Waals surface area (Å²) < 4.78 is 10.7. The number of amides is 1. The Balaban J connectivity index is 2.22. The van der Waals surface area contributed by atoms with E-state index in [0.717, 1.165) is 0 Å². The SMILES string of the molecule is CCOc1ncccc1NC(=O)c1cccnc1OCC. The van der Waals surface area contributed by atoms with Gasteiger partial charge in [-0.05, 0) is 38.1 Å². The highest BCUT2D eigenvalue weighted by Gasteiger charge is 2.15. The zero-order valence-corrected chi connectivity index (χ0v) is 12.0. The summed E-state index contributed by atoms with van der Waals surface area (Å²) in [5.41, 5.74) is 0.876. The van der Waals surface area contributed by atoms with E-state index in [1.807, 2.05) is 13.8 Å². The van der Waals surface area contributed by atoms with E-state index in [-0.39, 0.29) is 5.91 Å². The average molecular weight is 287 g/mol. The fraction of sp³-hybridized carbons (Fsp3) is 0.267. The van der Waals surface area contributed by atoms with Crippen LogP contribution in [0.1, 0.15) is 24.2 Å². The number of rotatable bonds is 6. The molecule has 0 radical (unpaired) electrons. The minimum atomic E-state index is -0.319. The van der Waals surface area contributed by atoms with Gasteiger partial charge < -0.3 is 14.8 Å². The van der Waals surface area contributed by atoms with E-state index >= 15 is 0 Å². The maximum Gasteiger partial charge on any atom is 0.261 e. The minimum absolute atomic E-state index is 0.305. The molecule has 0 unspecified atom stereocenters. The number of nitrogens with one attached hydrogen (secondary N) is 1. The van der Waals surface area contributed by atoms with E-state index in [9.17, 15) is 4.79 Å². The number of nitrogens with zero attached hydrogens (tertiary/aromatic N) is 2. The molecule has 2 aromatic heterocycles. The molecule has 0 atom stereocenters. The van der Waals surface area contributed by atoms with E-state index in [4.69, 9.17) is 9.47 Å². The molecule has 2 heterocycles. The molecule has 0 spiro atoms. The minimum Gasteiger partial charge on any atom is -0.477 e. The molecular formula is C15H17N3O3. The molecular weight excluding hydrogens is 270 g/mol. The van der Waals surface area contributed by atoms with Crippen molar-refractivity contribution in [1.29, 1.82) is 0 Å². The molecule has 1 N–H and O–H groups in total. The van der Waals surface area contributed by atoms with Gasteiger partial charge in [0.05, 0.1) is 13.2 Å². The Morgan fingerprint density at radius 1 is 1.05 bits per heavy atom. The first-order valence-corrected chi connectivity index (χ1v) is 6.73. The molecule has 0 saturated carbocycles. The van der Waals surface area contributed by atoms with Crippen molar-refractivity contribution in [1.82, 2.24) is 9.97 Å². The van der Waals surface area contributed by atoms with E-state index in [1.54, 1.807) is 36.7 Å². The van der Waals surface area contributed by atoms with E-state index in [1.165, 1.54) is 0 Å². The van der Waals surface area contributed by atoms with Crippen molar-refractivity contribution in [3.05, 3.63) is 42.2 Å². The topological polar surface area (TPSA) is 73.3 Å². The molecule has 110 valence electrons. The predicted octanol–water partition coefficient (Wildman–Crippen LogP) is 2.53. The standard InChI is InChI=1S/C15H17N3O3/c1-3-20-14-11(7-5-9-16-14)13(19)18-12-8-6-10-17-15(12)21-4-2/h5-10H,3-4H2,1-2H3,(H,18,19). The Bertz CT molecular complexity index is 617. The van der Waals surface area contributed by atoms with Gasteiger partial charge in [0, 0.05) is 12.4 Å². The lowest BCUT2D eigenvalue weighted by Crippen LogP contribution is -2.15. The first-order chi connectivity index (χ1) is 10.3. The maximum atomic E-state index is 12.4. The van der Waals surface area contributed by atoms with Gasteiger partial charge in [-0.2, -0.15) is 0 Å². The smallest absolute Gasteiger partial charge is 0.261 e. The highest BCUT2D eigenvalue weighted by Crippen LogP contribution is 2.23. The van der Waals surface area contributed by atoms with Crippen LogP contribution < -0.4 is 14.8 Å². The van der Waals surface area contributed by atoms with Crippen molar-refractivity contribution < 1.29 is 14.3 Å². The lowest BCUT2D eigenvalue weighted by Gasteiger charge is -2.11. The van der Waals surface area contributed by atoms with Gasteiger partial charge in [-0.1, -0.05) is 0 Å². The van der Waals surface area contributed by atoms with Crippen LogP contribution >= 0.6 is 0 Å². The van der Waals surface area contributed by atoms with Gasteiger partial charge in [-0.3, -0.25) is 4.79 Å². The Kier molecular flexibility index (Phi) is 5.09. The Labute approximate surface area is 123 Å². The molecule has 6 heteroatoms. The van der Waals surface area contributed by atoms with E-state index < -0.39 is 0 Å². The molecule has 0 aromatic carbocycles. The second kappa shape index (κ2) is 7.23. The number of aromatic nitrogens is 2. The van der Waals surface area contributed by atoms with Crippen LogP contribution in [0.4, 0.5) is 5.69 Å². The first-order valence-electron chi connectivity index (χ1n) is 6.73. The normalized spacial score (nSPS) is 10.0. The van der Waals surface area contributed by atoms with Crippen molar-refractivity contribution in [2.24, 2.45) is 0 Å². The Hall–Kier alpha value is -2.63. The fourth-order valence-corrected chi connectivity index (χ4v) is 1.74. The highest BCUT2D eigenvalue weighted by molar-refractivity contribution is 6.06. The number of hydrogen-bond acceptors (Lipinski definition) is 5. The summed E-state index contributed by atoms with van der Waals surface area (Å²) in [5.74, 6) is 0.370. The van der Waals surface area contributed by atoms with Crippen LogP contribution in [-0.2, 0) is 0 Å². The molecule has 2 aromatic rings. The summed E-state index contributed by atoms with van der Waals surface area (Å²) in [6, 6.07) is 6.80. The van der Waals surface area contributed by atoms with Gasteiger partial charge in [0.1, 0.15) is 11.3 Å². The Morgan fingerprint density at radius 3 is 2.38 bits per heavy atom. The van der Waals surface area contributed by atoms with Crippen molar-refractivity contribution in [2.75, 3.05) is 18.5 Å². The molecule has 6 nitrogen and oxygen atoms in total. The fourth-order valence-electron chi connectivity index (χ4n) is 1.74. The number of ether oxygens (including phenoxy) is 2. The molecule has 21 heavy (non-hydrogen) atoms. The molecule has 0 fully saturated rings. The van der Waals surface area contributed by atoms with Crippen molar-refractivity contribution in [2.45, 2.75) is 13.8 Å². The second-order valence-electron chi connectivity index (χ2n) is 4.03. The number of anilines is 1. The van der Waals surface area contributed by atoms with Crippen LogP contribution in [0.3, 0.4) is 0 Å². The van der Waals surface area contributed by atoms with Gasteiger partial charge in [0.15, 0.2) is 0 Å². The number of pyridine rings is 2. The third-order valence-electron chi connectivity index (χ3n) is 2.60. The number of hydrogen-bond donors (Lipinski definition) is 1. The average Bonchev–Trinajstić information content (AvgIpc) is 2.50. The summed E-state index contributed by atoms with van der Waals surface area (Å²) >= 11 is 0. The lowest BCUT2D eigenvalue weighted by atomic mass is 10.2. The maximum absolute atomic E-state index is 12.4. The predicted molar refractivity (Wildman–Crippen MR) is 78.8 cm³/mol. The lowest BCUT2D eigenvalue weighted by molar-refractivity contribution is 0.102. The van der Waals surface area contributed by atoms with Crippen LogP contribution in [-0.4, -0.2) is 29.1 Å². The molecule has 0 saturated heterocycles. The third kappa shape index (κ3) is 3.68. The highest BCUT2D eigenvalue weighted by atomic mass is 16.5. The summed E-state index contributed by atoms with van der Waals surface area (Å²) in [5, 5.41) is 2.76. The van der Waals surface area contributed by atoms with E-state index in [0.29, 0.717) is 36.2 Å². The van der Waals surface area contributed by atoms with Crippen molar-refractivity contribution in [3.63, 3.8) is 0 Å². The molecule has 0 bridgehead atoms. The molecule has 2 rings (SSSR count). The van der Waals surface area contributed by atoms with Crippen LogP contribution in [0, 0.1) is 0 Å². The Morgan fingerprint density at radius 2 is 1.67 bits per heavy atom. The summed E-state index contributed by atoms with van der Waals surface area (Å²) in [7, 11) is 0. The third-order valence-corrected chi connectivity index (χ3v) is 2.60. The van der Waals surface area contributed by atoms with Gasteiger partial charge in [0.25, 0.3) is 5.91 Å². The van der Waals surface area contributed by atoms with Crippen molar-refractivity contribution >= 4 is 11.6 Å². The first kappa shape index (κ1) is 14.8. The molecule has 0 aliphatic heterocycles. The van der Waals surface area contributed by atoms with Crippen LogP contribution in [0.15, 0.2) is 36.7 Å². The molecule has 0 aliphatic carbocycles. The zero-order chi connectivity index (χ0) is 15.1. The number of carbonyl (C=O) groups excluding carboxylic acids is 1. The summed E-state index contributed by atoms with van der Waals surface area (Å²) in [6.07, 6.45) is 3.19. The molecule has 1 amide bonds. The van der Waals surface area contributed by atoms with Crippen molar-refractivity contribution in [3.8, 4) is 11.8 Å². The molecule has 0 aliphatic rings. The summed E-state index contributed by atoms with van der Waals surface area (Å²) in [6.45, 7) is 4.60.